The van der Waals surface area contributed by atoms with E-state index in [1.165, 1.54) is 31.4 Å². The molecular formula is C50H42N2. The van der Waals surface area contributed by atoms with E-state index in [-0.39, 0.29) is 66.3 Å². The Labute approximate surface area is 328 Å². The number of aryl methyl sites for hydroxylation is 1. The molecule has 0 amide bonds. The van der Waals surface area contributed by atoms with Gasteiger partial charge in [-0.1, -0.05) is 136 Å². The maximum absolute atomic E-state index is 9.23. The van der Waals surface area contributed by atoms with E-state index in [1.54, 1.807) is 18.2 Å². The van der Waals surface area contributed by atoms with Crippen LogP contribution in [0.5, 0.6) is 0 Å². The van der Waals surface area contributed by atoms with Gasteiger partial charge in [-0.25, -0.2) is 0 Å². The molecule has 1 aliphatic carbocycles. The Bertz CT molecular complexity index is 3400. The Morgan fingerprint density at radius 2 is 1.04 bits per heavy atom. The molecule has 2 nitrogen and oxygen atoms in total. The molecule has 0 radical (unpaired) electrons. The molecular weight excluding hydrogens is 629 g/mol. The monoisotopic (exact) mass is 686 g/mol. The zero-order valence-corrected chi connectivity index (χ0v) is 28.9. The van der Waals surface area contributed by atoms with Gasteiger partial charge in [0.25, 0.3) is 0 Å². The van der Waals surface area contributed by atoms with E-state index in [9.17, 15) is 5.48 Å². The number of nitrogens with zero attached hydrogens (tertiary/aromatic N) is 2. The Morgan fingerprint density at radius 3 is 1.56 bits per heavy atom. The van der Waals surface area contributed by atoms with Crippen LogP contribution in [-0.2, 0) is 11.8 Å². The van der Waals surface area contributed by atoms with Gasteiger partial charge in [-0.15, -0.1) is 0 Å². The third-order valence-corrected chi connectivity index (χ3v) is 10.9. The van der Waals surface area contributed by atoms with Crippen LogP contribution in [0.4, 0.5) is 0 Å². The van der Waals surface area contributed by atoms with Gasteiger partial charge in [0.2, 0.25) is 0 Å². The van der Waals surface area contributed by atoms with Gasteiger partial charge in [-0.2, -0.15) is 0 Å². The highest BCUT2D eigenvalue weighted by molar-refractivity contribution is 6.10. The van der Waals surface area contributed by atoms with Crippen LogP contribution in [-0.4, -0.2) is 9.13 Å². The summed E-state index contributed by atoms with van der Waals surface area (Å²) < 4.78 is 145. The van der Waals surface area contributed by atoms with E-state index < -0.39 is 96.7 Å². The molecule has 0 saturated carbocycles. The van der Waals surface area contributed by atoms with Gasteiger partial charge in [-0.05, 0) is 101 Å². The molecule has 0 fully saturated rings. The fourth-order valence-corrected chi connectivity index (χ4v) is 8.34. The van der Waals surface area contributed by atoms with Gasteiger partial charge in [0, 0.05) is 38.3 Å². The van der Waals surface area contributed by atoms with Crippen LogP contribution >= 0.6 is 0 Å². The van der Waals surface area contributed by atoms with Crippen LogP contribution in [0.1, 0.15) is 83.7 Å². The number of hydrogen-bond donors (Lipinski definition) is 0. The molecule has 0 bridgehead atoms. The number of benzene rings is 7. The average molecular weight is 687 g/mol. The molecule has 1 aliphatic rings. The summed E-state index contributed by atoms with van der Waals surface area (Å²) >= 11 is 0. The lowest BCUT2D eigenvalue weighted by atomic mass is 9.80. The van der Waals surface area contributed by atoms with E-state index in [0.717, 1.165) is 12.0 Å². The first kappa shape index (κ1) is 18.6. The molecule has 0 saturated heterocycles. The molecule has 0 spiro atoms. The van der Waals surface area contributed by atoms with Crippen molar-refractivity contribution in [2.45, 2.75) is 51.4 Å². The van der Waals surface area contributed by atoms with Crippen LogP contribution in [0.15, 0.2) is 157 Å². The minimum atomic E-state index is -0.598. The molecule has 2 heterocycles. The maximum atomic E-state index is 9.23. The van der Waals surface area contributed by atoms with Crippen molar-refractivity contribution in [3.63, 3.8) is 0 Å². The Balaban J connectivity index is 1.28. The molecule has 9 aromatic rings. The third kappa shape index (κ3) is 4.63. The van der Waals surface area contributed by atoms with Crippen molar-refractivity contribution in [1.29, 1.82) is 0 Å². The summed E-state index contributed by atoms with van der Waals surface area (Å²) in [7, 11) is 0. The minimum Gasteiger partial charge on any atom is -0.309 e. The molecule has 2 aromatic heterocycles. The van der Waals surface area contributed by atoms with Gasteiger partial charge >= 0.3 is 0 Å². The third-order valence-electron chi connectivity index (χ3n) is 10.9. The minimum absolute atomic E-state index is 0.0339. The van der Waals surface area contributed by atoms with Crippen LogP contribution in [0.25, 0.3) is 66.1 Å². The second-order valence-corrected chi connectivity index (χ2v) is 14.0. The average Bonchev–Trinajstić information content (AvgIpc) is 3.96. The quantitative estimate of drug-likeness (QED) is 0.158. The molecule has 10 rings (SSSR count). The summed E-state index contributed by atoms with van der Waals surface area (Å²) in [6.07, 6.45) is 1.72. The summed E-state index contributed by atoms with van der Waals surface area (Å²) in [6, 6.07) is 11.3. The summed E-state index contributed by atoms with van der Waals surface area (Å²) in [5, 5.41) is -0.508. The van der Waals surface area contributed by atoms with Gasteiger partial charge in [0.15, 0.2) is 0 Å². The lowest BCUT2D eigenvalue weighted by Crippen LogP contribution is -2.15. The van der Waals surface area contributed by atoms with Crippen molar-refractivity contribution in [2.24, 2.45) is 0 Å². The zero-order valence-electron chi connectivity index (χ0n) is 44.9. The van der Waals surface area contributed by atoms with E-state index in [0.29, 0.717) is 18.4 Å². The van der Waals surface area contributed by atoms with Crippen molar-refractivity contribution >= 4 is 43.6 Å². The number of rotatable bonds is 7. The van der Waals surface area contributed by atoms with Crippen molar-refractivity contribution < 1.29 is 21.9 Å². The number of fused-ring (bicyclic) bond motifs is 9. The van der Waals surface area contributed by atoms with E-state index >= 15 is 0 Å². The summed E-state index contributed by atoms with van der Waals surface area (Å²) in [4.78, 5) is 0. The summed E-state index contributed by atoms with van der Waals surface area (Å²) in [5.74, 6) is 0.0339. The molecule has 0 aliphatic heterocycles. The lowest BCUT2D eigenvalue weighted by Gasteiger charge is -2.24. The molecule has 52 heavy (non-hydrogen) atoms. The standard InChI is InChI=1S/C50H42N2/c1-4-34(35-27-28-39-38-15-5-10-20-44(38)50(2,3)45(39)31-35)26-25-33-29-36(51-46-21-11-6-16-40(46)41-17-7-12-22-47(41)51)32-37(30-33)52-48-23-13-8-18-42(48)43-19-9-14-24-49(43)52/h5-24,27-32,34H,4,25-26H2,1-3H3/i6D,7D,8D,9D,11D,12D,13D,14D,16D,17D,18D,19D,21D,22D,23D,24D. The van der Waals surface area contributed by atoms with Crippen molar-refractivity contribution in [3.05, 3.63) is 180 Å². The van der Waals surface area contributed by atoms with Crippen LogP contribution in [0.3, 0.4) is 0 Å². The largest absolute Gasteiger partial charge is 0.309 e. The molecule has 7 aromatic carbocycles. The number of para-hydroxylation sites is 4. The molecule has 1 unspecified atom stereocenters. The first-order valence-corrected chi connectivity index (χ1v) is 17.6. The smallest absolute Gasteiger partial charge is 0.0645 e. The number of aromatic nitrogens is 2. The topological polar surface area (TPSA) is 9.86 Å². The summed E-state index contributed by atoms with van der Waals surface area (Å²) in [6.45, 7) is 6.55. The predicted octanol–water partition coefficient (Wildman–Crippen LogP) is 13.3. The van der Waals surface area contributed by atoms with Gasteiger partial charge in [0.05, 0.1) is 44.0 Å². The van der Waals surface area contributed by atoms with E-state index in [1.807, 2.05) is 6.07 Å². The molecule has 252 valence electrons. The summed E-state index contributed by atoms with van der Waals surface area (Å²) in [5.41, 5.74) is 6.24. The fraction of sp³-hybridized carbons (Fsp3) is 0.160. The van der Waals surface area contributed by atoms with E-state index in [2.05, 4.69) is 57.2 Å². The maximum Gasteiger partial charge on any atom is 0.0645 e. The van der Waals surface area contributed by atoms with Crippen LogP contribution < -0.4 is 0 Å². The van der Waals surface area contributed by atoms with Crippen LogP contribution in [0.2, 0.25) is 0 Å². The van der Waals surface area contributed by atoms with Gasteiger partial charge < -0.3 is 9.13 Å². The molecule has 0 N–H and O–H groups in total. The predicted molar refractivity (Wildman–Crippen MR) is 220 cm³/mol. The number of hydrogen-bond acceptors (Lipinski definition) is 0. The van der Waals surface area contributed by atoms with Crippen molar-refractivity contribution in [3.8, 4) is 22.5 Å². The Kier molecular flexibility index (Phi) is 4.23. The van der Waals surface area contributed by atoms with Crippen molar-refractivity contribution in [2.75, 3.05) is 0 Å². The molecule has 1 atom stereocenters. The highest BCUT2D eigenvalue weighted by atomic mass is 15.0. The van der Waals surface area contributed by atoms with Crippen LogP contribution in [0, 0.1) is 0 Å². The first-order valence-electron chi connectivity index (χ1n) is 25.6. The lowest BCUT2D eigenvalue weighted by molar-refractivity contribution is 0.600. The van der Waals surface area contributed by atoms with Gasteiger partial charge in [0.1, 0.15) is 0 Å². The second-order valence-electron chi connectivity index (χ2n) is 14.0. The van der Waals surface area contributed by atoms with E-state index in [4.69, 9.17) is 16.4 Å². The normalized spacial score (nSPS) is 18.3. The first-order chi connectivity index (χ1) is 32.1. The fourth-order valence-electron chi connectivity index (χ4n) is 8.34. The van der Waals surface area contributed by atoms with Gasteiger partial charge in [-0.3, -0.25) is 0 Å². The Hall–Kier alpha value is -5.86. The second kappa shape index (κ2) is 11.9. The Morgan fingerprint density at radius 1 is 0.558 bits per heavy atom. The molecule has 2 heteroatoms. The zero-order chi connectivity index (χ0) is 48.9. The highest BCUT2D eigenvalue weighted by Crippen LogP contribution is 2.49. The highest BCUT2D eigenvalue weighted by Gasteiger charge is 2.35. The van der Waals surface area contributed by atoms with Crippen molar-refractivity contribution in [1.82, 2.24) is 9.13 Å². The SMILES string of the molecule is [2H]c1c([2H])c([2H])c2c(c1[2H])c1c([2H])c([2H])c([2H])c([2H])c1n2-c1cc(CCC(CC)c2ccc3c(c2)C(C)(C)c2ccccc2-3)cc(-n2c3c([2H])c([2H])c([2H])c([2H])c3c3c([2H])c([2H])c([2H])c([2H])c32)c1.